The van der Waals surface area contributed by atoms with Gasteiger partial charge in [0.15, 0.2) is 5.89 Å². The van der Waals surface area contributed by atoms with E-state index >= 15 is 0 Å². The second-order valence-electron chi connectivity index (χ2n) is 4.90. The van der Waals surface area contributed by atoms with Crippen LogP contribution in [0.5, 0.6) is 0 Å². The summed E-state index contributed by atoms with van der Waals surface area (Å²) in [5.74, 6) is -0.0120. The molecule has 112 valence electrons. The quantitative estimate of drug-likeness (QED) is 0.763. The van der Waals surface area contributed by atoms with Gasteiger partial charge in [0.2, 0.25) is 5.76 Å². The van der Waals surface area contributed by atoms with Gasteiger partial charge in [-0.25, -0.2) is 4.98 Å². The van der Waals surface area contributed by atoms with Crippen LogP contribution < -0.4 is 5.32 Å². The van der Waals surface area contributed by atoms with Gasteiger partial charge in [-0.3, -0.25) is 9.59 Å². The molecular weight excluding hydrogens is 260 g/mol. The SMILES string of the molecule is CCC(CCNC(=O)c1oc(C)nc1C)CCC(=O)O. The highest BCUT2D eigenvalue weighted by atomic mass is 16.4. The van der Waals surface area contributed by atoms with E-state index in [9.17, 15) is 9.59 Å². The second kappa shape index (κ2) is 7.67. The highest BCUT2D eigenvalue weighted by molar-refractivity contribution is 5.92. The maximum Gasteiger partial charge on any atom is 0.303 e. The van der Waals surface area contributed by atoms with E-state index in [-0.39, 0.29) is 18.1 Å². The van der Waals surface area contributed by atoms with Crippen molar-refractivity contribution in [1.29, 1.82) is 0 Å². The molecule has 1 heterocycles. The lowest BCUT2D eigenvalue weighted by molar-refractivity contribution is -0.137. The van der Waals surface area contributed by atoms with Crippen LogP contribution in [0, 0.1) is 19.8 Å². The van der Waals surface area contributed by atoms with Crippen molar-refractivity contribution >= 4 is 11.9 Å². The van der Waals surface area contributed by atoms with E-state index in [0.717, 1.165) is 12.8 Å². The number of hydrogen-bond donors (Lipinski definition) is 2. The lowest BCUT2D eigenvalue weighted by Crippen LogP contribution is -2.26. The molecule has 20 heavy (non-hydrogen) atoms. The zero-order chi connectivity index (χ0) is 15.1. The van der Waals surface area contributed by atoms with Gasteiger partial charge in [-0.05, 0) is 25.7 Å². The fraction of sp³-hybridized carbons (Fsp3) is 0.643. The number of nitrogens with one attached hydrogen (secondary N) is 1. The number of oxazole rings is 1. The maximum atomic E-state index is 11.9. The molecule has 1 unspecified atom stereocenters. The third-order valence-corrected chi connectivity index (χ3v) is 3.29. The fourth-order valence-corrected chi connectivity index (χ4v) is 2.09. The fourth-order valence-electron chi connectivity index (χ4n) is 2.09. The van der Waals surface area contributed by atoms with Gasteiger partial charge < -0.3 is 14.8 Å². The smallest absolute Gasteiger partial charge is 0.303 e. The molecule has 2 N–H and O–H groups in total. The van der Waals surface area contributed by atoms with Crippen molar-refractivity contribution in [2.45, 2.75) is 46.5 Å². The Balaban J connectivity index is 2.37. The van der Waals surface area contributed by atoms with Crippen molar-refractivity contribution in [2.75, 3.05) is 6.54 Å². The van der Waals surface area contributed by atoms with Crippen LogP contribution in [-0.4, -0.2) is 28.5 Å². The molecule has 1 rings (SSSR count). The Bertz CT molecular complexity index is 468. The predicted molar refractivity (Wildman–Crippen MR) is 73.6 cm³/mol. The lowest BCUT2D eigenvalue weighted by Gasteiger charge is -2.13. The van der Waals surface area contributed by atoms with Crippen LogP contribution in [0.3, 0.4) is 0 Å². The molecule has 0 radical (unpaired) electrons. The summed E-state index contributed by atoms with van der Waals surface area (Å²) in [7, 11) is 0. The Morgan fingerprint density at radius 2 is 2.05 bits per heavy atom. The van der Waals surface area contributed by atoms with Gasteiger partial charge in [0.1, 0.15) is 0 Å². The Hall–Kier alpha value is -1.85. The molecule has 0 bridgehead atoms. The minimum atomic E-state index is -0.778. The highest BCUT2D eigenvalue weighted by Crippen LogP contribution is 2.15. The van der Waals surface area contributed by atoms with Crippen LogP contribution in [0.4, 0.5) is 0 Å². The number of carboxylic acids is 1. The lowest BCUT2D eigenvalue weighted by atomic mass is 9.96. The van der Waals surface area contributed by atoms with Gasteiger partial charge in [0, 0.05) is 19.9 Å². The molecule has 0 aliphatic heterocycles. The van der Waals surface area contributed by atoms with Crippen molar-refractivity contribution < 1.29 is 19.1 Å². The Labute approximate surface area is 118 Å². The van der Waals surface area contributed by atoms with Crippen molar-refractivity contribution in [1.82, 2.24) is 10.3 Å². The molecule has 1 aromatic heterocycles. The summed E-state index contributed by atoms with van der Waals surface area (Å²) in [5, 5.41) is 11.4. The Morgan fingerprint density at radius 1 is 1.35 bits per heavy atom. The molecule has 0 spiro atoms. The molecule has 1 amide bonds. The molecule has 0 aliphatic carbocycles. The number of amides is 1. The Morgan fingerprint density at radius 3 is 2.55 bits per heavy atom. The molecule has 1 aromatic rings. The van der Waals surface area contributed by atoms with E-state index in [0.29, 0.717) is 30.5 Å². The number of carbonyl (C=O) groups is 2. The van der Waals surface area contributed by atoms with Crippen LogP contribution in [0.2, 0.25) is 0 Å². The number of carbonyl (C=O) groups excluding carboxylic acids is 1. The van der Waals surface area contributed by atoms with E-state index < -0.39 is 5.97 Å². The summed E-state index contributed by atoms with van der Waals surface area (Å²) in [6.45, 7) is 5.96. The summed E-state index contributed by atoms with van der Waals surface area (Å²) < 4.78 is 5.24. The Kier molecular flexibility index (Phi) is 6.21. The first-order chi connectivity index (χ1) is 9.43. The molecule has 0 fully saturated rings. The summed E-state index contributed by atoms with van der Waals surface area (Å²) >= 11 is 0. The monoisotopic (exact) mass is 282 g/mol. The number of aromatic nitrogens is 1. The van der Waals surface area contributed by atoms with Crippen molar-refractivity contribution in [3.05, 3.63) is 17.3 Å². The second-order valence-corrected chi connectivity index (χ2v) is 4.90. The van der Waals surface area contributed by atoms with Crippen LogP contribution in [0.25, 0.3) is 0 Å². The van der Waals surface area contributed by atoms with Crippen LogP contribution in [0.15, 0.2) is 4.42 Å². The third-order valence-electron chi connectivity index (χ3n) is 3.29. The first-order valence-corrected chi connectivity index (χ1v) is 6.88. The number of aryl methyl sites for hydroxylation is 2. The minimum Gasteiger partial charge on any atom is -0.481 e. The molecule has 6 heteroatoms. The maximum absolute atomic E-state index is 11.9. The molecule has 0 aromatic carbocycles. The predicted octanol–water partition coefficient (Wildman–Crippen LogP) is 2.30. The number of aliphatic carboxylic acids is 1. The van der Waals surface area contributed by atoms with Gasteiger partial charge in [-0.2, -0.15) is 0 Å². The summed E-state index contributed by atoms with van der Waals surface area (Å²) in [6.07, 6.45) is 2.49. The van der Waals surface area contributed by atoms with Gasteiger partial charge in [0.05, 0.1) is 5.69 Å². The van der Waals surface area contributed by atoms with Gasteiger partial charge >= 0.3 is 5.97 Å². The highest BCUT2D eigenvalue weighted by Gasteiger charge is 2.16. The standard InChI is InChI=1S/C14H22N2O4/c1-4-11(5-6-12(17)18)7-8-15-14(19)13-9(2)16-10(3)20-13/h11H,4-8H2,1-3H3,(H,15,19)(H,17,18). The van der Waals surface area contributed by atoms with E-state index in [1.54, 1.807) is 13.8 Å². The van der Waals surface area contributed by atoms with Crippen molar-refractivity contribution in [3.63, 3.8) is 0 Å². The minimum absolute atomic E-state index is 0.173. The average Bonchev–Trinajstić information content (AvgIpc) is 2.72. The van der Waals surface area contributed by atoms with Crippen molar-refractivity contribution in [2.24, 2.45) is 5.92 Å². The zero-order valence-electron chi connectivity index (χ0n) is 12.2. The topological polar surface area (TPSA) is 92.4 Å². The molecule has 0 saturated heterocycles. The van der Waals surface area contributed by atoms with E-state index in [2.05, 4.69) is 10.3 Å². The van der Waals surface area contributed by atoms with Crippen LogP contribution >= 0.6 is 0 Å². The van der Waals surface area contributed by atoms with Crippen molar-refractivity contribution in [3.8, 4) is 0 Å². The van der Waals surface area contributed by atoms with E-state index in [4.69, 9.17) is 9.52 Å². The van der Waals surface area contributed by atoms with E-state index in [1.165, 1.54) is 0 Å². The van der Waals surface area contributed by atoms with E-state index in [1.807, 2.05) is 6.92 Å². The van der Waals surface area contributed by atoms with Gasteiger partial charge in [0.25, 0.3) is 5.91 Å². The first kappa shape index (κ1) is 16.2. The molecule has 1 atom stereocenters. The molecule has 0 saturated carbocycles. The number of carboxylic acid groups (broad SMARTS) is 1. The molecular formula is C14H22N2O4. The average molecular weight is 282 g/mol. The zero-order valence-corrected chi connectivity index (χ0v) is 12.2. The number of hydrogen-bond acceptors (Lipinski definition) is 4. The van der Waals surface area contributed by atoms with Crippen LogP contribution in [0.1, 0.15) is 54.7 Å². The van der Waals surface area contributed by atoms with Gasteiger partial charge in [-0.1, -0.05) is 13.3 Å². The van der Waals surface area contributed by atoms with Crippen LogP contribution in [-0.2, 0) is 4.79 Å². The molecule has 0 aliphatic rings. The third kappa shape index (κ3) is 5.03. The number of rotatable bonds is 8. The van der Waals surface area contributed by atoms with Gasteiger partial charge in [-0.15, -0.1) is 0 Å². The number of nitrogens with zero attached hydrogens (tertiary/aromatic N) is 1. The summed E-state index contributed by atoms with van der Waals surface area (Å²) in [4.78, 5) is 26.5. The summed E-state index contributed by atoms with van der Waals surface area (Å²) in [6, 6.07) is 0. The normalized spacial score (nSPS) is 12.2. The first-order valence-electron chi connectivity index (χ1n) is 6.88. The summed E-state index contributed by atoms with van der Waals surface area (Å²) in [5.41, 5.74) is 0.581. The largest absolute Gasteiger partial charge is 0.481 e. The molecule has 6 nitrogen and oxygen atoms in total.